The molecule has 0 aromatic heterocycles. The zero-order valence-electron chi connectivity index (χ0n) is 11.3. The Balaban J connectivity index is 2.94. The molecule has 0 aliphatic rings. The SMILES string of the molecule is COCCCS(=O)(=O)Nc1cc(C(=O)O)ccc1OC. The van der Waals surface area contributed by atoms with Crippen molar-refractivity contribution in [3.63, 3.8) is 0 Å². The van der Waals surface area contributed by atoms with Crippen molar-refractivity contribution >= 4 is 21.7 Å². The Bertz CT molecular complexity index is 569. The van der Waals surface area contributed by atoms with E-state index in [2.05, 4.69) is 4.72 Å². The molecule has 0 aliphatic heterocycles. The Kier molecular flexibility index (Phi) is 5.78. The third-order valence-corrected chi connectivity index (χ3v) is 3.83. The maximum atomic E-state index is 11.9. The third-order valence-electron chi connectivity index (χ3n) is 2.47. The molecule has 0 saturated heterocycles. The van der Waals surface area contributed by atoms with Crippen molar-refractivity contribution in [1.29, 1.82) is 0 Å². The van der Waals surface area contributed by atoms with Gasteiger partial charge in [-0.1, -0.05) is 0 Å². The van der Waals surface area contributed by atoms with Gasteiger partial charge in [0.05, 0.1) is 24.1 Å². The van der Waals surface area contributed by atoms with Crippen molar-refractivity contribution in [3.8, 4) is 5.75 Å². The van der Waals surface area contributed by atoms with Crippen LogP contribution in [-0.4, -0.2) is 46.1 Å². The van der Waals surface area contributed by atoms with E-state index in [9.17, 15) is 13.2 Å². The summed E-state index contributed by atoms with van der Waals surface area (Å²) >= 11 is 0. The van der Waals surface area contributed by atoms with Crippen LogP contribution in [0.15, 0.2) is 18.2 Å². The average molecular weight is 303 g/mol. The summed E-state index contributed by atoms with van der Waals surface area (Å²) in [4.78, 5) is 10.9. The minimum atomic E-state index is -3.58. The maximum Gasteiger partial charge on any atom is 0.335 e. The Morgan fingerprint density at radius 2 is 2.05 bits per heavy atom. The first-order valence-corrected chi connectivity index (χ1v) is 7.45. The summed E-state index contributed by atoms with van der Waals surface area (Å²) in [5, 5.41) is 8.91. The van der Waals surface area contributed by atoms with E-state index in [1.54, 1.807) is 0 Å². The highest BCUT2D eigenvalue weighted by Crippen LogP contribution is 2.26. The standard InChI is InChI=1S/C12H17NO6S/c1-18-6-3-7-20(16,17)13-10-8-9(12(14)15)4-5-11(10)19-2/h4-5,8,13H,3,6-7H2,1-2H3,(H,14,15). The number of ether oxygens (including phenoxy) is 2. The van der Waals surface area contributed by atoms with Crippen molar-refractivity contribution < 1.29 is 27.8 Å². The first kappa shape index (κ1) is 16.3. The number of carboxylic acids is 1. The number of carboxylic acid groups (broad SMARTS) is 1. The van der Waals surface area contributed by atoms with Crippen LogP contribution < -0.4 is 9.46 Å². The third kappa shape index (κ3) is 4.71. The van der Waals surface area contributed by atoms with E-state index in [1.807, 2.05) is 0 Å². The number of carbonyl (C=O) groups is 1. The van der Waals surface area contributed by atoms with Crippen LogP contribution in [-0.2, 0) is 14.8 Å². The number of rotatable bonds is 8. The van der Waals surface area contributed by atoms with Gasteiger partial charge in [0.1, 0.15) is 5.75 Å². The molecular weight excluding hydrogens is 286 g/mol. The molecule has 0 radical (unpaired) electrons. The quantitative estimate of drug-likeness (QED) is 0.699. The lowest BCUT2D eigenvalue weighted by atomic mass is 10.2. The number of benzene rings is 1. The molecule has 0 bridgehead atoms. The zero-order chi connectivity index (χ0) is 15.2. The molecule has 1 aromatic rings. The summed E-state index contributed by atoms with van der Waals surface area (Å²) in [6.45, 7) is 0.327. The van der Waals surface area contributed by atoms with Crippen LogP contribution in [0.1, 0.15) is 16.8 Å². The van der Waals surface area contributed by atoms with Crippen LogP contribution in [0.3, 0.4) is 0 Å². The Morgan fingerprint density at radius 1 is 1.35 bits per heavy atom. The molecule has 2 N–H and O–H groups in total. The fourth-order valence-electron chi connectivity index (χ4n) is 1.53. The Morgan fingerprint density at radius 3 is 2.60 bits per heavy atom. The van der Waals surface area contributed by atoms with E-state index >= 15 is 0 Å². The van der Waals surface area contributed by atoms with Gasteiger partial charge in [0.2, 0.25) is 10.0 Å². The highest BCUT2D eigenvalue weighted by Gasteiger charge is 2.15. The van der Waals surface area contributed by atoms with E-state index in [-0.39, 0.29) is 22.8 Å². The Hall–Kier alpha value is -1.80. The van der Waals surface area contributed by atoms with Gasteiger partial charge in [0.15, 0.2) is 0 Å². The number of hydrogen-bond donors (Lipinski definition) is 2. The zero-order valence-corrected chi connectivity index (χ0v) is 12.1. The minimum Gasteiger partial charge on any atom is -0.495 e. The molecule has 0 fully saturated rings. The highest BCUT2D eigenvalue weighted by molar-refractivity contribution is 7.92. The molecule has 1 aromatic carbocycles. The summed E-state index contributed by atoms with van der Waals surface area (Å²) in [6, 6.07) is 3.95. The summed E-state index contributed by atoms with van der Waals surface area (Å²) < 4.78 is 35.8. The summed E-state index contributed by atoms with van der Waals surface area (Å²) in [5.74, 6) is -1.01. The molecule has 0 atom stereocenters. The van der Waals surface area contributed by atoms with E-state index in [4.69, 9.17) is 14.6 Å². The molecule has 0 aliphatic carbocycles. The normalized spacial score (nSPS) is 11.1. The molecule has 20 heavy (non-hydrogen) atoms. The number of sulfonamides is 1. The van der Waals surface area contributed by atoms with Crippen LogP contribution in [0.2, 0.25) is 0 Å². The predicted molar refractivity (Wildman–Crippen MR) is 73.9 cm³/mol. The second-order valence-corrected chi connectivity index (χ2v) is 5.83. The van der Waals surface area contributed by atoms with Crippen LogP contribution >= 0.6 is 0 Å². The lowest BCUT2D eigenvalue weighted by Gasteiger charge is -2.12. The van der Waals surface area contributed by atoms with Crippen molar-refractivity contribution in [2.75, 3.05) is 31.3 Å². The smallest absolute Gasteiger partial charge is 0.335 e. The van der Waals surface area contributed by atoms with E-state index < -0.39 is 16.0 Å². The van der Waals surface area contributed by atoms with Gasteiger partial charge in [-0.2, -0.15) is 0 Å². The van der Waals surface area contributed by atoms with Crippen LogP contribution in [0.25, 0.3) is 0 Å². The van der Waals surface area contributed by atoms with Gasteiger partial charge >= 0.3 is 5.97 Å². The molecule has 0 heterocycles. The second-order valence-electron chi connectivity index (χ2n) is 3.99. The van der Waals surface area contributed by atoms with Gasteiger partial charge in [-0.25, -0.2) is 13.2 Å². The second kappa shape index (κ2) is 7.11. The fraction of sp³-hybridized carbons (Fsp3) is 0.417. The van der Waals surface area contributed by atoms with Crippen LogP contribution in [0.5, 0.6) is 5.75 Å². The van der Waals surface area contributed by atoms with Crippen LogP contribution in [0.4, 0.5) is 5.69 Å². The van der Waals surface area contributed by atoms with Gasteiger partial charge in [0, 0.05) is 13.7 Å². The number of methoxy groups -OCH3 is 2. The topological polar surface area (TPSA) is 102 Å². The van der Waals surface area contributed by atoms with Gasteiger partial charge in [0.25, 0.3) is 0 Å². The van der Waals surface area contributed by atoms with Crippen LogP contribution in [0, 0.1) is 0 Å². The summed E-state index contributed by atoms with van der Waals surface area (Å²) in [6.07, 6.45) is 0.340. The predicted octanol–water partition coefficient (Wildman–Crippen LogP) is 1.17. The van der Waals surface area contributed by atoms with E-state index in [0.29, 0.717) is 13.0 Å². The molecule has 0 unspecified atom stereocenters. The molecule has 0 saturated carbocycles. The van der Waals surface area contributed by atoms with Crippen molar-refractivity contribution in [2.45, 2.75) is 6.42 Å². The summed E-state index contributed by atoms with van der Waals surface area (Å²) in [7, 11) is -0.726. The number of aromatic carboxylic acids is 1. The molecule has 0 spiro atoms. The Labute approximate surface area is 117 Å². The lowest BCUT2D eigenvalue weighted by Crippen LogP contribution is -2.18. The molecular formula is C12H17NO6S. The van der Waals surface area contributed by atoms with E-state index in [0.717, 1.165) is 0 Å². The number of anilines is 1. The lowest BCUT2D eigenvalue weighted by molar-refractivity contribution is 0.0697. The van der Waals surface area contributed by atoms with Crippen molar-refractivity contribution in [2.24, 2.45) is 0 Å². The molecule has 0 amide bonds. The number of nitrogens with one attached hydrogen (secondary N) is 1. The highest BCUT2D eigenvalue weighted by atomic mass is 32.2. The van der Waals surface area contributed by atoms with Crippen molar-refractivity contribution in [1.82, 2.24) is 0 Å². The maximum absolute atomic E-state index is 11.9. The molecule has 112 valence electrons. The van der Waals surface area contributed by atoms with Gasteiger partial charge in [-0.3, -0.25) is 4.72 Å². The number of hydrogen-bond acceptors (Lipinski definition) is 5. The van der Waals surface area contributed by atoms with Gasteiger partial charge in [-0.05, 0) is 24.6 Å². The van der Waals surface area contributed by atoms with Crippen molar-refractivity contribution in [3.05, 3.63) is 23.8 Å². The first-order valence-electron chi connectivity index (χ1n) is 5.80. The fourth-order valence-corrected chi connectivity index (χ4v) is 2.63. The molecule has 1 rings (SSSR count). The minimum absolute atomic E-state index is 0.0274. The van der Waals surface area contributed by atoms with E-state index in [1.165, 1.54) is 32.4 Å². The largest absolute Gasteiger partial charge is 0.495 e. The molecule has 8 heteroatoms. The van der Waals surface area contributed by atoms with Gasteiger partial charge < -0.3 is 14.6 Å². The molecule has 7 nitrogen and oxygen atoms in total. The monoisotopic (exact) mass is 303 g/mol. The van der Waals surface area contributed by atoms with Gasteiger partial charge in [-0.15, -0.1) is 0 Å². The average Bonchev–Trinajstić information content (AvgIpc) is 2.38. The summed E-state index contributed by atoms with van der Waals surface area (Å²) in [5.41, 5.74) is 0.0743. The first-order chi connectivity index (χ1) is 9.39.